The molecule has 2 rings (SSSR count). The van der Waals surface area contributed by atoms with E-state index in [0.717, 1.165) is 19.3 Å². The van der Waals surface area contributed by atoms with Crippen molar-refractivity contribution in [1.82, 2.24) is 0 Å². The van der Waals surface area contributed by atoms with Crippen LogP contribution in [0.3, 0.4) is 0 Å². The fraction of sp³-hybridized carbons (Fsp3) is 0.778. The second-order valence-corrected chi connectivity index (χ2v) is 4.69. The summed E-state index contributed by atoms with van der Waals surface area (Å²) in [6.07, 6.45) is 2.45. The highest BCUT2D eigenvalue weighted by atomic mass is 16.5. The number of amidine groups is 1. The number of ether oxygens (including phenoxy) is 1. The van der Waals surface area contributed by atoms with Crippen LogP contribution in [0.2, 0.25) is 0 Å². The van der Waals surface area contributed by atoms with Gasteiger partial charge in [0.15, 0.2) is 5.60 Å². The summed E-state index contributed by atoms with van der Waals surface area (Å²) in [5.41, 5.74) is 4.82. The van der Waals surface area contributed by atoms with E-state index in [-0.39, 0.29) is 17.3 Å². The molecule has 1 spiro atoms. The summed E-state index contributed by atoms with van der Waals surface area (Å²) in [5.74, 6) is -0.199. The maximum Gasteiger partial charge on any atom is 0.294 e. The van der Waals surface area contributed by atoms with Gasteiger partial charge in [0.1, 0.15) is 0 Å². The van der Waals surface area contributed by atoms with Gasteiger partial charge in [-0.3, -0.25) is 4.79 Å². The van der Waals surface area contributed by atoms with Crippen LogP contribution in [-0.2, 0) is 9.53 Å². The van der Waals surface area contributed by atoms with Crippen molar-refractivity contribution in [2.45, 2.75) is 38.7 Å². The molecular formula is C9H14N2O2. The molecule has 4 heteroatoms. The van der Waals surface area contributed by atoms with Crippen LogP contribution in [0, 0.1) is 5.41 Å². The molecule has 0 radical (unpaired) electrons. The van der Waals surface area contributed by atoms with E-state index in [1.54, 1.807) is 0 Å². The number of carbonyl (C=O) groups is 1. The molecule has 0 bridgehead atoms. The molecular weight excluding hydrogens is 168 g/mol. The number of aliphatic imine (C=N–C) groups is 1. The molecule has 13 heavy (non-hydrogen) atoms. The highest BCUT2D eigenvalue weighted by Crippen LogP contribution is 2.47. The molecule has 0 aromatic rings. The fourth-order valence-corrected chi connectivity index (χ4v) is 2.23. The van der Waals surface area contributed by atoms with Crippen molar-refractivity contribution in [1.29, 1.82) is 0 Å². The Bertz CT molecular complexity index is 296. The fourth-order valence-electron chi connectivity index (χ4n) is 2.23. The van der Waals surface area contributed by atoms with E-state index in [1.807, 2.05) is 0 Å². The molecule has 2 aliphatic rings. The Hall–Kier alpha value is -1.06. The van der Waals surface area contributed by atoms with Crippen LogP contribution in [0.25, 0.3) is 0 Å². The van der Waals surface area contributed by atoms with Crippen LogP contribution < -0.4 is 5.73 Å². The maximum absolute atomic E-state index is 11.5. The number of amides is 1. The molecule has 1 amide bonds. The second-order valence-electron chi connectivity index (χ2n) is 4.69. The Morgan fingerprint density at radius 1 is 1.46 bits per heavy atom. The molecule has 4 nitrogen and oxygen atoms in total. The van der Waals surface area contributed by atoms with Crippen LogP contribution in [0.5, 0.6) is 0 Å². The monoisotopic (exact) mass is 182 g/mol. The van der Waals surface area contributed by atoms with E-state index in [1.165, 1.54) is 0 Å². The topological polar surface area (TPSA) is 64.7 Å². The van der Waals surface area contributed by atoms with Crippen molar-refractivity contribution in [3.8, 4) is 0 Å². The Kier molecular flexibility index (Phi) is 1.47. The zero-order valence-electron chi connectivity index (χ0n) is 7.96. The number of rotatable bonds is 0. The van der Waals surface area contributed by atoms with Crippen LogP contribution in [0.15, 0.2) is 4.99 Å². The largest absolute Gasteiger partial charge is 0.448 e. The zero-order valence-corrected chi connectivity index (χ0v) is 7.96. The van der Waals surface area contributed by atoms with Gasteiger partial charge in [0.2, 0.25) is 0 Å². The van der Waals surface area contributed by atoms with Gasteiger partial charge < -0.3 is 10.5 Å². The van der Waals surface area contributed by atoms with Gasteiger partial charge in [0.05, 0.1) is 0 Å². The molecule has 72 valence electrons. The molecule has 0 aromatic heterocycles. The van der Waals surface area contributed by atoms with Gasteiger partial charge in [0.25, 0.3) is 11.9 Å². The van der Waals surface area contributed by atoms with Gasteiger partial charge in [-0.2, -0.15) is 4.99 Å². The first-order valence-corrected chi connectivity index (χ1v) is 4.51. The summed E-state index contributed by atoms with van der Waals surface area (Å²) in [7, 11) is 0. The van der Waals surface area contributed by atoms with Gasteiger partial charge in [-0.1, -0.05) is 13.8 Å². The Balaban J connectivity index is 2.23. The van der Waals surface area contributed by atoms with Crippen molar-refractivity contribution in [2.24, 2.45) is 16.1 Å². The lowest BCUT2D eigenvalue weighted by Crippen LogP contribution is -2.36. The van der Waals surface area contributed by atoms with Gasteiger partial charge in [-0.25, -0.2) is 0 Å². The highest BCUT2D eigenvalue weighted by molar-refractivity contribution is 6.01. The van der Waals surface area contributed by atoms with Crippen molar-refractivity contribution in [2.75, 3.05) is 0 Å². The molecule has 2 N–H and O–H groups in total. The summed E-state index contributed by atoms with van der Waals surface area (Å²) < 4.78 is 5.34. The lowest BCUT2D eigenvalue weighted by molar-refractivity contribution is -0.130. The molecule has 0 saturated heterocycles. The Labute approximate surface area is 77.2 Å². The standard InChI is InChI=1S/C9H14N2O2/c1-8(2)3-4-9(5-8)6(12)11-7(10)13-9/h3-5H2,1-2H3,(H2,10,11,12). The van der Waals surface area contributed by atoms with Crippen LogP contribution in [0.4, 0.5) is 0 Å². The zero-order chi connectivity index (χ0) is 9.69. The Morgan fingerprint density at radius 3 is 2.54 bits per heavy atom. The van der Waals surface area contributed by atoms with Crippen molar-refractivity contribution in [3.05, 3.63) is 0 Å². The van der Waals surface area contributed by atoms with Crippen LogP contribution in [0.1, 0.15) is 33.1 Å². The highest BCUT2D eigenvalue weighted by Gasteiger charge is 2.53. The van der Waals surface area contributed by atoms with E-state index >= 15 is 0 Å². The number of carbonyl (C=O) groups excluding carboxylic acids is 1. The lowest BCUT2D eigenvalue weighted by atomic mass is 9.89. The first-order chi connectivity index (χ1) is 5.94. The molecule has 1 heterocycles. The van der Waals surface area contributed by atoms with Crippen molar-refractivity contribution >= 4 is 11.9 Å². The van der Waals surface area contributed by atoms with Gasteiger partial charge >= 0.3 is 0 Å². The molecule has 1 fully saturated rings. The second kappa shape index (κ2) is 2.25. The molecule has 1 saturated carbocycles. The molecule has 1 atom stereocenters. The number of hydrogen-bond donors (Lipinski definition) is 1. The van der Waals surface area contributed by atoms with Crippen LogP contribution >= 0.6 is 0 Å². The summed E-state index contributed by atoms with van der Waals surface area (Å²) in [6, 6.07) is 0.0303. The third kappa shape index (κ3) is 1.20. The van der Waals surface area contributed by atoms with Crippen LogP contribution in [-0.4, -0.2) is 17.5 Å². The normalized spacial score (nSPS) is 36.5. The number of nitrogens with two attached hydrogens (primary N) is 1. The molecule has 1 aliphatic heterocycles. The van der Waals surface area contributed by atoms with E-state index in [2.05, 4.69) is 18.8 Å². The first-order valence-electron chi connectivity index (χ1n) is 4.51. The SMILES string of the molecule is CC1(C)CCC2(C1)OC(N)=NC2=O. The minimum atomic E-state index is -0.715. The van der Waals surface area contributed by atoms with Crippen molar-refractivity contribution in [3.63, 3.8) is 0 Å². The average molecular weight is 182 g/mol. The van der Waals surface area contributed by atoms with Gasteiger partial charge in [-0.15, -0.1) is 0 Å². The van der Waals surface area contributed by atoms with E-state index in [9.17, 15) is 4.79 Å². The van der Waals surface area contributed by atoms with E-state index in [4.69, 9.17) is 10.5 Å². The quantitative estimate of drug-likeness (QED) is 0.602. The first kappa shape index (κ1) is 8.53. The maximum atomic E-state index is 11.5. The smallest absolute Gasteiger partial charge is 0.294 e. The van der Waals surface area contributed by atoms with E-state index < -0.39 is 5.60 Å². The lowest BCUT2D eigenvalue weighted by Gasteiger charge is -2.22. The average Bonchev–Trinajstić information content (AvgIpc) is 2.38. The number of hydrogen-bond acceptors (Lipinski definition) is 3. The summed E-state index contributed by atoms with van der Waals surface area (Å²) >= 11 is 0. The van der Waals surface area contributed by atoms with Crippen molar-refractivity contribution < 1.29 is 9.53 Å². The predicted molar refractivity (Wildman–Crippen MR) is 48.1 cm³/mol. The van der Waals surface area contributed by atoms with E-state index in [0.29, 0.717) is 0 Å². The minimum absolute atomic E-state index is 0.0303. The van der Waals surface area contributed by atoms with Gasteiger partial charge in [-0.05, 0) is 18.3 Å². The summed E-state index contributed by atoms with van der Waals surface area (Å²) in [6.45, 7) is 4.26. The third-order valence-corrected chi connectivity index (χ3v) is 2.87. The van der Waals surface area contributed by atoms with Gasteiger partial charge in [0, 0.05) is 6.42 Å². The third-order valence-electron chi connectivity index (χ3n) is 2.87. The number of nitrogens with zero attached hydrogens (tertiary/aromatic N) is 1. The molecule has 1 aliphatic carbocycles. The predicted octanol–water partition coefficient (Wildman–Crippen LogP) is 0.807. The minimum Gasteiger partial charge on any atom is -0.448 e. The summed E-state index contributed by atoms with van der Waals surface area (Å²) in [4.78, 5) is 15.1. The Morgan fingerprint density at radius 2 is 2.15 bits per heavy atom. The molecule has 1 unspecified atom stereocenters. The molecule has 0 aromatic carbocycles. The summed E-state index contributed by atoms with van der Waals surface area (Å²) in [5, 5.41) is 0.